The number of phosphoric ester groups is 1. The Labute approximate surface area is 245 Å². The first kappa shape index (κ1) is 35.4. The van der Waals surface area contributed by atoms with Gasteiger partial charge in [0.15, 0.2) is 6.23 Å². The van der Waals surface area contributed by atoms with Gasteiger partial charge in [0, 0.05) is 12.6 Å². The highest BCUT2D eigenvalue weighted by atomic mass is 31.2. The number of aromatic nitrogens is 2. The zero-order chi connectivity index (χ0) is 33.1. The van der Waals surface area contributed by atoms with Crippen LogP contribution in [0.2, 0.25) is 0 Å². The molecule has 0 aromatic carbocycles. The maximum absolute atomic E-state index is 12.9. The molecule has 0 radical (unpaired) electrons. The summed E-state index contributed by atoms with van der Waals surface area (Å²) in [5.74, 6) is -8.51. The number of nitrogens with zero attached hydrogens (tertiary/aromatic N) is 2. The molecule has 3 heterocycles. The molecule has 0 aliphatic carbocycles. The predicted molar refractivity (Wildman–Crippen MR) is 135 cm³/mol. The molecular formula is C21H31N4O18P. The number of nitrogens with two attached hydrogens (primary N) is 1. The van der Waals surface area contributed by atoms with Gasteiger partial charge in [-0.25, -0.2) is 18.7 Å². The normalized spacial score (nSPS) is 33.2. The minimum Gasteiger partial charge on any atom is -0.481 e. The fourth-order valence-corrected chi connectivity index (χ4v) is 5.41. The number of rotatable bonds is 13. The highest BCUT2D eigenvalue weighted by molar-refractivity contribution is 7.47. The first-order valence-electron chi connectivity index (χ1n) is 12.5. The second-order valence-electron chi connectivity index (χ2n) is 9.76. The van der Waals surface area contributed by atoms with Crippen molar-refractivity contribution in [2.75, 3.05) is 18.9 Å². The van der Waals surface area contributed by atoms with E-state index in [0.717, 1.165) is 10.8 Å². The van der Waals surface area contributed by atoms with Crippen LogP contribution in [0.4, 0.5) is 5.82 Å². The van der Waals surface area contributed by atoms with Gasteiger partial charge in [-0.3, -0.25) is 18.7 Å². The van der Waals surface area contributed by atoms with Crippen molar-refractivity contribution in [3.63, 3.8) is 0 Å². The number of phosphoric acid groups is 1. The van der Waals surface area contributed by atoms with Gasteiger partial charge in [0.1, 0.15) is 48.9 Å². The van der Waals surface area contributed by atoms with E-state index in [1.807, 2.05) is 5.32 Å². The number of carbonyl (C=O) groups excluding carboxylic acids is 1. The molecule has 2 saturated heterocycles. The molecule has 3 rings (SSSR count). The second-order valence-corrected chi connectivity index (χ2v) is 11.1. The highest BCUT2D eigenvalue weighted by Crippen LogP contribution is 2.51. The van der Waals surface area contributed by atoms with Crippen molar-refractivity contribution in [2.24, 2.45) is 0 Å². The van der Waals surface area contributed by atoms with Crippen molar-refractivity contribution < 1.29 is 83.2 Å². The molecule has 248 valence electrons. The lowest BCUT2D eigenvalue weighted by Gasteiger charge is -2.46. The number of nitrogens with one attached hydrogen (secondary N) is 1. The number of anilines is 1. The van der Waals surface area contributed by atoms with Gasteiger partial charge in [-0.15, -0.1) is 0 Å². The monoisotopic (exact) mass is 658 g/mol. The maximum atomic E-state index is 12.9. The summed E-state index contributed by atoms with van der Waals surface area (Å²) in [7, 11) is -5.61. The maximum Gasteiger partial charge on any atom is 0.475 e. The minimum absolute atomic E-state index is 0.158. The van der Waals surface area contributed by atoms with Crippen molar-refractivity contribution in [3.8, 4) is 0 Å². The Bertz CT molecular complexity index is 1330. The highest BCUT2D eigenvalue weighted by Gasteiger charge is 2.59. The third-order valence-electron chi connectivity index (χ3n) is 6.58. The van der Waals surface area contributed by atoms with Crippen molar-refractivity contribution in [1.82, 2.24) is 14.9 Å². The number of hydrogen-bond donors (Lipinski definition) is 11. The van der Waals surface area contributed by atoms with Crippen LogP contribution in [-0.4, -0.2) is 141 Å². The molecule has 2 fully saturated rings. The summed E-state index contributed by atoms with van der Waals surface area (Å²) in [4.78, 5) is 61.0. The largest absolute Gasteiger partial charge is 0.481 e. The summed E-state index contributed by atoms with van der Waals surface area (Å²) in [5, 5.41) is 81.6. The van der Waals surface area contributed by atoms with E-state index < -0.39 is 118 Å². The molecule has 12 N–H and O–H groups in total. The summed E-state index contributed by atoms with van der Waals surface area (Å²) in [6, 6.07) is -0.654. The Morgan fingerprint density at radius 3 is 2.45 bits per heavy atom. The minimum atomic E-state index is -5.61. The van der Waals surface area contributed by atoms with Crippen molar-refractivity contribution in [2.45, 2.75) is 73.6 Å². The van der Waals surface area contributed by atoms with Gasteiger partial charge in [0.25, 0.3) is 5.79 Å². The van der Waals surface area contributed by atoms with Gasteiger partial charge in [-0.2, -0.15) is 4.98 Å². The molecule has 2 aliphatic heterocycles. The Kier molecular flexibility index (Phi) is 11.2. The molecule has 1 aromatic rings. The third-order valence-corrected chi connectivity index (χ3v) is 7.58. The van der Waals surface area contributed by atoms with E-state index in [1.54, 1.807) is 0 Å². The molecule has 11 atom stereocenters. The smallest absolute Gasteiger partial charge is 0.475 e. The first-order valence-corrected chi connectivity index (χ1v) is 14.0. The fourth-order valence-electron chi connectivity index (χ4n) is 4.46. The van der Waals surface area contributed by atoms with E-state index in [0.29, 0.717) is 0 Å². The van der Waals surface area contributed by atoms with Gasteiger partial charge in [0.05, 0.1) is 25.4 Å². The number of carboxylic acids is 2. The third kappa shape index (κ3) is 7.93. The molecular weight excluding hydrogens is 627 g/mol. The number of ether oxygens (including phenoxy) is 2. The molecule has 44 heavy (non-hydrogen) atoms. The van der Waals surface area contributed by atoms with E-state index in [4.69, 9.17) is 29.4 Å². The van der Waals surface area contributed by atoms with Crippen LogP contribution in [0.5, 0.6) is 0 Å². The molecule has 0 spiro atoms. The first-order chi connectivity index (χ1) is 20.4. The molecule has 1 aromatic heterocycles. The quantitative estimate of drug-likeness (QED) is 0.0694. The van der Waals surface area contributed by atoms with Crippen LogP contribution in [0.3, 0.4) is 0 Å². The van der Waals surface area contributed by atoms with E-state index in [9.17, 15) is 64.4 Å². The summed E-state index contributed by atoms with van der Waals surface area (Å²) in [6.45, 7) is -2.22. The van der Waals surface area contributed by atoms with Gasteiger partial charge < -0.3 is 66.3 Å². The number of hydrogen-bond acceptors (Lipinski definition) is 17. The lowest BCUT2D eigenvalue weighted by atomic mass is 9.88. The number of aliphatic hydroxyl groups excluding tert-OH is 6. The summed E-state index contributed by atoms with van der Waals surface area (Å²) in [5.41, 5.74) is 4.43. The van der Waals surface area contributed by atoms with Crippen molar-refractivity contribution in [1.29, 1.82) is 0 Å². The summed E-state index contributed by atoms with van der Waals surface area (Å²) < 4.78 is 33.6. The molecule has 0 saturated carbocycles. The second kappa shape index (κ2) is 13.9. The zero-order valence-electron chi connectivity index (χ0n) is 22.3. The van der Waals surface area contributed by atoms with Crippen LogP contribution in [0.1, 0.15) is 19.1 Å². The van der Waals surface area contributed by atoms with Crippen molar-refractivity contribution >= 4 is 31.5 Å². The summed E-state index contributed by atoms with van der Waals surface area (Å²) >= 11 is 0. The topological polar surface area (TPSA) is 360 Å². The summed E-state index contributed by atoms with van der Waals surface area (Å²) in [6.07, 6.45) is -16.8. The molecule has 23 heteroatoms. The van der Waals surface area contributed by atoms with Crippen LogP contribution in [0, 0.1) is 0 Å². The lowest BCUT2D eigenvalue weighted by molar-refractivity contribution is -0.289. The van der Waals surface area contributed by atoms with Crippen LogP contribution in [0.25, 0.3) is 0 Å². The van der Waals surface area contributed by atoms with E-state index in [1.165, 1.54) is 6.07 Å². The number of carboxylic acid groups (broad SMARTS) is 2. The molecule has 0 bridgehead atoms. The van der Waals surface area contributed by atoms with Gasteiger partial charge >= 0.3 is 25.5 Å². The zero-order valence-corrected chi connectivity index (χ0v) is 23.2. The number of nitrogen functional groups attached to an aromatic ring is 1. The standard InChI is InChI=1S/C21H31N4O18P/c22-10-1-2-25(20(37)23-10)18-16(34)15(33)9(41-18)6-40-44(38,39)43-21(19(35)36)4-7(27)13(24-11(29)3-12(30)31)17(42-21)14(32)8(28)5-26/h1-2,7-9,13-18,26-28,32-34H,3-6H2,(H,24,29)(H,30,31)(H,35,36)(H,38,39)(H2,22,23,37)/t7-,8+,9?,13+,14+,15+,16+,17?,18?,21+/m0/s1. The Morgan fingerprint density at radius 1 is 1.23 bits per heavy atom. The number of amides is 1. The SMILES string of the molecule is Nc1ccn(C2OC(COP(=O)(O)O[C@@]3(C(=O)O)C[C@H](O)[C@@H](NC(=O)CC(=O)O)C([C@H](O)[C@H](O)CO)O3)[C@@H](O)[C@H]2O)c(=O)n1. The molecule has 4 unspecified atom stereocenters. The van der Waals surface area contributed by atoms with Gasteiger partial charge in [-0.1, -0.05) is 0 Å². The molecule has 1 amide bonds. The van der Waals surface area contributed by atoms with Crippen LogP contribution < -0.4 is 16.7 Å². The van der Waals surface area contributed by atoms with E-state index >= 15 is 0 Å². The van der Waals surface area contributed by atoms with Crippen LogP contribution in [0.15, 0.2) is 17.1 Å². The Balaban J connectivity index is 1.80. The average Bonchev–Trinajstić information content (AvgIpc) is 3.20. The fraction of sp³-hybridized carbons (Fsp3) is 0.667. The van der Waals surface area contributed by atoms with Gasteiger partial charge in [0.2, 0.25) is 5.91 Å². The number of aliphatic hydroxyl groups is 6. The van der Waals surface area contributed by atoms with Crippen LogP contribution >= 0.6 is 7.82 Å². The molecule has 2 aliphatic rings. The number of carbonyl (C=O) groups is 3. The Hall–Kier alpha value is -3.12. The Morgan fingerprint density at radius 2 is 1.89 bits per heavy atom. The van der Waals surface area contributed by atoms with Crippen LogP contribution in [-0.2, 0) is 37.5 Å². The van der Waals surface area contributed by atoms with Gasteiger partial charge in [-0.05, 0) is 6.07 Å². The lowest BCUT2D eigenvalue weighted by Crippen LogP contribution is -2.67. The van der Waals surface area contributed by atoms with E-state index in [2.05, 4.69) is 4.98 Å². The molecule has 22 nitrogen and oxygen atoms in total. The predicted octanol–water partition coefficient (Wildman–Crippen LogP) is -5.82. The van der Waals surface area contributed by atoms with E-state index in [-0.39, 0.29) is 5.82 Å². The number of aliphatic carboxylic acids is 2. The van der Waals surface area contributed by atoms with Crippen molar-refractivity contribution in [3.05, 3.63) is 22.7 Å². The average molecular weight is 658 g/mol.